The smallest absolute Gasteiger partial charge is 0.123 e. The zero-order chi connectivity index (χ0) is 10.8. The molecule has 0 radical (unpaired) electrons. The maximum absolute atomic E-state index is 13.1. The molecule has 15 heavy (non-hydrogen) atoms. The summed E-state index contributed by atoms with van der Waals surface area (Å²) in [5.41, 5.74) is 8.56. The van der Waals surface area contributed by atoms with Gasteiger partial charge in [0.1, 0.15) is 5.82 Å². The highest BCUT2D eigenvalue weighted by Crippen LogP contribution is 2.28. The lowest BCUT2D eigenvalue weighted by Crippen LogP contribution is -1.98. The Morgan fingerprint density at radius 1 is 1.33 bits per heavy atom. The van der Waals surface area contributed by atoms with Crippen molar-refractivity contribution in [2.75, 3.05) is 0 Å². The van der Waals surface area contributed by atoms with Crippen molar-refractivity contribution in [2.45, 2.75) is 13.5 Å². The van der Waals surface area contributed by atoms with Gasteiger partial charge < -0.3 is 5.73 Å². The van der Waals surface area contributed by atoms with Crippen LogP contribution in [0.1, 0.15) is 10.4 Å². The van der Waals surface area contributed by atoms with Crippen molar-refractivity contribution in [3.05, 3.63) is 45.9 Å². The quantitative estimate of drug-likeness (QED) is 0.827. The molecule has 0 spiro atoms. The summed E-state index contributed by atoms with van der Waals surface area (Å²) in [4.78, 5) is 1.22. The van der Waals surface area contributed by atoms with Gasteiger partial charge in [-0.3, -0.25) is 0 Å². The van der Waals surface area contributed by atoms with Gasteiger partial charge in [-0.15, -0.1) is 11.3 Å². The average Bonchev–Trinajstić information content (AvgIpc) is 2.65. The second kappa shape index (κ2) is 4.13. The summed E-state index contributed by atoms with van der Waals surface area (Å²) < 4.78 is 13.1. The lowest BCUT2D eigenvalue weighted by atomic mass is 10.0. The van der Waals surface area contributed by atoms with E-state index < -0.39 is 0 Å². The topological polar surface area (TPSA) is 26.0 Å². The van der Waals surface area contributed by atoms with Crippen LogP contribution in [0.4, 0.5) is 4.39 Å². The van der Waals surface area contributed by atoms with E-state index in [9.17, 15) is 4.39 Å². The van der Waals surface area contributed by atoms with Crippen LogP contribution in [0.3, 0.4) is 0 Å². The van der Waals surface area contributed by atoms with Crippen LogP contribution in [0.25, 0.3) is 11.1 Å². The zero-order valence-electron chi connectivity index (χ0n) is 8.46. The Kier molecular flexibility index (Phi) is 2.84. The lowest BCUT2D eigenvalue weighted by molar-refractivity contribution is 0.627. The van der Waals surface area contributed by atoms with Gasteiger partial charge in [0.15, 0.2) is 0 Å². The van der Waals surface area contributed by atoms with E-state index in [4.69, 9.17) is 5.73 Å². The van der Waals surface area contributed by atoms with Crippen LogP contribution in [0.5, 0.6) is 0 Å². The van der Waals surface area contributed by atoms with Crippen molar-refractivity contribution < 1.29 is 4.39 Å². The normalized spacial score (nSPS) is 10.6. The summed E-state index contributed by atoms with van der Waals surface area (Å²) in [6.07, 6.45) is 0. The van der Waals surface area contributed by atoms with E-state index in [0.717, 1.165) is 16.7 Å². The molecule has 0 fully saturated rings. The SMILES string of the molecule is Cc1cc(-c2cc(F)ccc2CN)cs1. The molecule has 1 aromatic carbocycles. The standard InChI is InChI=1S/C12H12FNS/c1-8-4-10(7-15-8)12-5-11(13)3-2-9(12)6-14/h2-5,7H,6,14H2,1H3. The third-order valence-electron chi connectivity index (χ3n) is 2.33. The molecule has 0 aliphatic heterocycles. The maximum Gasteiger partial charge on any atom is 0.123 e. The molecule has 2 aromatic rings. The highest BCUT2D eigenvalue weighted by Gasteiger charge is 2.06. The van der Waals surface area contributed by atoms with Gasteiger partial charge in [-0.2, -0.15) is 0 Å². The summed E-state index contributed by atoms with van der Waals surface area (Å²) in [5, 5.41) is 2.03. The number of nitrogens with two attached hydrogens (primary N) is 1. The molecule has 0 unspecified atom stereocenters. The summed E-state index contributed by atoms with van der Waals surface area (Å²) in [5.74, 6) is -0.217. The van der Waals surface area contributed by atoms with Crippen molar-refractivity contribution in [3.8, 4) is 11.1 Å². The van der Waals surface area contributed by atoms with Crippen LogP contribution in [-0.4, -0.2) is 0 Å². The average molecular weight is 221 g/mol. The minimum absolute atomic E-state index is 0.217. The number of thiophene rings is 1. The highest BCUT2D eigenvalue weighted by atomic mass is 32.1. The van der Waals surface area contributed by atoms with Gasteiger partial charge in [0.05, 0.1) is 0 Å². The highest BCUT2D eigenvalue weighted by molar-refractivity contribution is 7.10. The molecule has 0 aliphatic rings. The first-order valence-corrected chi connectivity index (χ1v) is 5.62. The first-order valence-electron chi connectivity index (χ1n) is 4.74. The van der Waals surface area contributed by atoms with E-state index >= 15 is 0 Å². The lowest BCUT2D eigenvalue weighted by Gasteiger charge is -2.05. The summed E-state index contributed by atoms with van der Waals surface area (Å²) >= 11 is 1.66. The van der Waals surface area contributed by atoms with E-state index in [1.165, 1.54) is 10.9 Å². The van der Waals surface area contributed by atoms with Crippen LogP contribution < -0.4 is 5.73 Å². The molecule has 0 saturated carbocycles. The Morgan fingerprint density at radius 3 is 2.73 bits per heavy atom. The number of rotatable bonds is 2. The summed E-state index contributed by atoms with van der Waals surface area (Å²) in [6.45, 7) is 2.47. The van der Waals surface area contributed by atoms with Gasteiger partial charge >= 0.3 is 0 Å². The van der Waals surface area contributed by atoms with Crippen LogP contribution in [0.2, 0.25) is 0 Å². The van der Waals surface area contributed by atoms with Crippen molar-refractivity contribution >= 4 is 11.3 Å². The molecule has 2 N–H and O–H groups in total. The molecule has 0 saturated heterocycles. The predicted octanol–water partition coefficient (Wildman–Crippen LogP) is 3.32. The largest absolute Gasteiger partial charge is 0.326 e. The maximum atomic E-state index is 13.1. The second-order valence-electron chi connectivity index (χ2n) is 3.45. The third kappa shape index (κ3) is 2.08. The van der Waals surface area contributed by atoms with Crippen molar-refractivity contribution in [1.29, 1.82) is 0 Å². The molecule has 3 heteroatoms. The van der Waals surface area contributed by atoms with Crippen LogP contribution >= 0.6 is 11.3 Å². The number of hydrogen-bond donors (Lipinski definition) is 1. The number of aryl methyl sites for hydroxylation is 1. The molecule has 0 amide bonds. The predicted molar refractivity (Wildman–Crippen MR) is 62.3 cm³/mol. The van der Waals surface area contributed by atoms with Crippen molar-refractivity contribution in [1.82, 2.24) is 0 Å². The molecule has 78 valence electrons. The van der Waals surface area contributed by atoms with Gasteiger partial charge in [-0.1, -0.05) is 6.07 Å². The Morgan fingerprint density at radius 2 is 2.13 bits per heavy atom. The van der Waals surface area contributed by atoms with Crippen LogP contribution in [-0.2, 0) is 6.54 Å². The fourth-order valence-corrected chi connectivity index (χ4v) is 2.28. The van der Waals surface area contributed by atoms with Gasteiger partial charge in [-0.05, 0) is 47.2 Å². The van der Waals surface area contributed by atoms with E-state index in [2.05, 4.69) is 6.07 Å². The zero-order valence-corrected chi connectivity index (χ0v) is 9.27. The first-order chi connectivity index (χ1) is 7.20. The van der Waals surface area contributed by atoms with Crippen LogP contribution in [0, 0.1) is 12.7 Å². The van der Waals surface area contributed by atoms with E-state index in [1.54, 1.807) is 23.5 Å². The molecule has 0 aliphatic carbocycles. The Hall–Kier alpha value is -1.19. The second-order valence-corrected chi connectivity index (χ2v) is 4.57. The molecule has 1 nitrogen and oxygen atoms in total. The summed E-state index contributed by atoms with van der Waals surface area (Å²) in [6, 6.07) is 6.80. The molecule has 0 bridgehead atoms. The Balaban J connectivity index is 2.55. The molecule has 2 rings (SSSR count). The minimum Gasteiger partial charge on any atom is -0.326 e. The Bertz CT molecular complexity index is 476. The van der Waals surface area contributed by atoms with Crippen LogP contribution in [0.15, 0.2) is 29.6 Å². The van der Waals surface area contributed by atoms with E-state index in [0.29, 0.717) is 6.54 Å². The molecule has 0 atom stereocenters. The Labute approximate surface area is 92.4 Å². The fraction of sp³-hybridized carbons (Fsp3) is 0.167. The molecular formula is C12H12FNS. The van der Waals surface area contributed by atoms with E-state index in [-0.39, 0.29) is 5.82 Å². The molecular weight excluding hydrogens is 209 g/mol. The fourth-order valence-electron chi connectivity index (χ4n) is 1.58. The molecule has 1 aromatic heterocycles. The van der Waals surface area contributed by atoms with Gasteiger partial charge in [0.2, 0.25) is 0 Å². The first kappa shape index (κ1) is 10.3. The summed E-state index contributed by atoms with van der Waals surface area (Å²) in [7, 11) is 0. The number of benzene rings is 1. The van der Waals surface area contributed by atoms with E-state index in [1.807, 2.05) is 12.3 Å². The monoisotopic (exact) mass is 221 g/mol. The number of hydrogen-bond acceptors (Lipinski definition) is 2. The van der Waals surface area contributed by atoms with Gasteiger partial charge in [-0.25, -0.2) is 4.39 Å². The van der Waals surface area contributed by atoms with Crippen molar-refractivity contribution in [2.24, 2.45) is 5.73 Å². The molecule has 1 heterocycles. The minimum atomic E-state index is -0.217. The number of halogens is 1. The third-order valence-corrected chi connectivity index (χ3v) is 3.19. The van der Waals surface area contributed by atoms with Crippen molar-refractivity contribution in [3.63, 3.8) is 0 Å². The van der Waals surface area contributed by atoms with Gasteiger partial charge in [0, 0.05) is 11.4 Å². The van der Waals surface area contributed by atoms with Gasteiger partial charge in [0.25, 0.3) is 0 Å².